The molecule has 0 bridgehead atoms. The van der Waals surface area contributed by atoms with Gasteiger partial charge in [-0.1, -0.05) is 184 Å². The summed E-state index contributed by atoms with van der Waals surface area (Å²) in [7, 11) is 0. The predicted octanol–water partition coefficient (Wildman–Crippen LogP) is 16.0. The lowest BCUT2D eigenvalue weighted by molar-refractivity contribution is 0.660. The normalized spacial score (nSPS) is 13.7. The van der Waals surface area contributed by atoms with Gasteiger partial charge in [0.1, 0.15) is 11.2 Å². The predicted molar refractivity (Wildman–Crippen MR) is 248 cm³/mol. The van der Waals surface area contributed by atoms with E-state index in [1.807, 2.05) is 102 Å². The van der Waals surface area contributed by atoms with E-state index >= 15 is 0 Å². The standard InChI is InChI=1S/C57H41NO/c1-57(2)50-22-12-9-20-47(50)48-34-33-44(37-51(48)57)58(52-23-13-10-19-45(52)40-17-7-4-8-18-40)43-31-29-41(30-32-43)46-35-36-54-56(49-21-11-14-24-53(49)59-54)55(46)42-27-25-39(26-28-42)38-15-5-3-6-16-38/h3-37H,1-2H3/i29D,30D,31D,32D. The van der Waals surface area contributed by atoms with Crippen molar-refractivity contribution in [3.63, 3.8) is 0 Å². The maximum absolute atomic E-state index is 9.98. The van der Waals surface area contributed by atoms with Crippen molar-refractivity contribution in [1.82, 2.24) is 0 Å². The summed E-state index contributed by atoms with van der Waals surface area (Å²) in [4.78, 5) is 1.93. The Bertz CT molecular complexity index is 3380. The molecule has 1 aromatic heterocycles. The molecule has 1 heterocycles. The molecule has 10 aromatic rings. The average molecular weight is 760 g/mol. The highest BCUT2D eigenvalue weighted by Crippen LogP contribution is 2.51. The van der Waals surface area contributed by atoms with Gasteiger partial charge in [0.15, 0.2) is 0 Å². The highest BCUT2D eigenvalue weighted by atomic mass is 16.3. The Balaban J connectivity index is 1.16. The van der Waals surface area contributed by atoms with E-state index in [-0.39, 0.29) is 40.8 Å². The Morgan fingerprint density at radius 1 is 0.424 bits per heavy atom. The van der Waals surface area contributed by atoms with Crippen LogP contribution in [-0.4, -0.2) is 0 Å². The summed E-state index contributed by atoms with van der Waals surface area (Å²) in [6.07, 6.45) is 0. The van der Waals surface area contributed by atoms with E-state index in [0.717, 1.165) is 72.2 Å². The SMILES string of the molecule is [2H]c1c([2H])c(N(c2ccc3c(c2)C(C)(C)c2ccccc2-3)c2ccccc2-c2ccccc2)c([2H])c([2H])c1-c1ccc2oc3ccccc3c2c1-c1ccc(-c2ccccc2)cc1. The quantitative estimate of drug-likeness (QED) is 0.161. The Labute approximate surface area is 350 Å². The van der Waals surface area contributed by atoms with Gasteiger partial charge in [0, 0.05) is 38.7 Å². The van der Waals surface area contributed by atoms with E-state index in [2.05, 4.69) is 105 Å². The van der Waals surface area contributed by atoms with Crippen LogP contribution >= 0.6 is 0 Å². The van der Waals surface area contributed by atoms with Crippen molar-refractivity contribution in [2.45, 2.75) is 19.3 Å². The molecule has 1 aliphatic rings. The molecule has 0 spiro atoms. The maximum atomic E-state index is 9.98. The number of furan rings is 1. The van der Waals surface area contributed by atoms with Gasteiger partial charge in [-0.05, 0) is 98.1 Å². The number of para-hydroxylation sites is 2. The molecule has 2 nitrogen and oxygen atoms in total. The van der Waals surface area contributed by atoms with Gasteiger partial charge in [-0.2, -0.15) is 0 Å². The Kier molecular flexibility index (Phi) is 7.23. The Morgan fingerprint density at radius 3 is 1.80 bits per heavy atom. The van der Waals surface area contributed by atoms with E-state index in [0.29, 0.717) is 11.1 Å². The van der Waals surface area contributed by atoms with Crippen molar-refractivity contribution in [3.05, 3.63) is 223 Å². The van der Waals surface area contributed by atoms with Gasteiger partial charge in [-0.15, -0.1) is 0 Å². The maximum Gasteiger partial charge on any atom is 0.136 e. The van der Waals surface area contributed by atoms with Crippen LogP contribution in [0.4, 0.5) is 17.1 Å². The van der Waals surface area contributed by atoms with E-state index in [9.17, 15) is 5.48 Å². The van der Waals surface area contributed by atoms with Crippen LogP contribution in [0.15, 0.2) is 217 Å². The van der Waals surface area contributed by atoms with Crippen LogP contribution in [0.1, 0.15) is 30.5 Å². The molecule has 9 aromatic carbocycles. The second kappa shape index (κ2) is 13.9. The van der Waals surface area contributed by atoms with Crippen molar-refractivity contribution >= 4 is 39.0 Å². The number of nitrogens with zero attached hydrogens (tertiary/aromatic N) is 1. The van der Waals surface area contributed by atoms with E-state index in [4.69, 9.17) is 4.42 Å². The van der Waals surface area contributed by atoms with E-state index < -0.39 is 0 Å². The van der Waals surface area contributed by atoms with Gasteiger partial charge in [0.25, 0.3) is 0 Å². The summed E-state index contributed by atoms with van der Waals surface area (Å²) in [5.41, 5.74) is 14.0. The third-order valence-electron chi connectivity index (χ3n) is 12.0. The van der Waals surface area contributed by atoms with Crippen LogP contribution in [0, 0.1) is 0 Å². The third-order valence-corrected chi connectivity index (χ3v) is 12.0. The fourth-order valence-electron chi connectivity index (χ4n) is 9.09. The molecule has 59 heavy (non-hydrogen) atoms. The lowest BCUT2D eigenvalue weighted by Gasteiger charge is -2.30. The molecule has 280 valence electrons. The Hall–Kier alpha value is -7.42. The number of rotatable bonds is 7. The van der Waals surface area contributed by atoms with Crippen LogP contribution in [-0.2, 0) is 5.41 Å². The molecule has 2 heteroatoms. The molecule has 0 aliphatic heterocycles. The number of hydrogen-bond donors (Lipinski definition) is 0. The molecule has 0 saturated heterocycles. The van der Waals surface area contributed by atoms with Crippen LogP contribution in [0.3, 0.4) is 0 Å². The first-order chi connectivity index (χ1) is 30.7. The summed E-state index contributed by atoms with van der Waals surface area (Å²) in [5.74, 6) is 0. The van der Waals surface area contributed by atoms with Crippen LogP contribution < -0.4 is 4.90 Å². The van der Waals surface area contributed by atoms with Crippen LogP contribution in [0.2, 0.25) is 0 Å². The monoisotopic (exact) mass is 759 g/mol. The number of fused-ring (bicyclic) bond motifs is 6. The first-order valence-corrected chi connectivity index (χ1v) is 20.1. The molecule has 0 saturated carbocycles. The average Bonchev–Trinajstić information content (AvgIpc) is 3.82. The molecule has 0 atom stereocenters. The number of anilines is 3. The first-order valence-electron chi connectivity index (χ1n) is 22.1. The van der Waals surface area contributed by atoms with Crippen LogP contribution in [0.5, 0.6) is 0 Å². The smallest absolute Gasteiger partial charge is 0.136 e. The van der Waals surface area contributed by atoms with Gasteiger partial charge in [-0.3, -0.25) is 0 Å². The van der Waals surface area contributed by atoms with Crippen molar-refractivity contribution in [2.24, 2.45) is 0 Å². The summed E-state index contributed by atoms with van der Waals surface area (Å²) >= 11 is 0. The molecule has 0 fully saturated rings. The molecule has 1 aliphatic carbocycles. The molecule has 11 rings (SSSR count). The second-order valence-corrected chi connectivity index (χ2v) is 15.7. The first kappa shape index (κ1) is 30.7. The topological polar surface area (TPSA) is 16.4 Å². The fourth-order valence-corrected chi connectivity index (χ4v) is 9.09. The minimum absolute atomic E-state index is 0.128. The van der Waals surface area contributed by atoms with Gasteiger partial charge in [0.2, 0.25) is 0 Å². The Morgan fingerprint density at radius 2 is 1.02 bits per heavy atom. The van der Waals surface area contributed by atoms with Gasteiger partial charge >= 0.3 is 0 Å². The van der Waals surface area contributed by atoms with Crippen LogP contribution in [0.25, 0.3) is 77.6 Å². The molecular weight excluding hydrogens is 715 g/mol. The minimum atomic E-state index is -0.309. The number of benzene rings is 9. The van der Waals surface area contributed by atoms with Gasteiger partial charge < -0.3 is 9.32 Å². The van der Waals surface area contributed by atoms with E-state index in [1.54, 1.807) is 0 Å². The van der Waals surface area contributed by atoms with E-state index in [1.165, 1.54) is 11.1 Å². The summed E-state index contributed by atoms with van der Waals surface area (Å²) in [6.45, 7) is 4.47. The molecular formula is C57H41NO. The molecule has 0 N–H and O–H groups in total. The highest BCUT2D eigenvalue weighted by molar-refractivity contribution is 6.16. The van der Waals surface area contributed by atoms with Crippen molar-refractivity contribution < 1.29 is 9.90 Å². The second-order valence-electron chi connectivity index (χ2n) is 15.7. The lowest BCUT2D eigenvalue weighted by atomic mass is 9.82. The molecule has 0 unspecified atom stereocenters. The summed E-state index contributed by atoms with van der Waals surface area (Å²) in [6, 6.07) is 62.7. The van der Waals surface area contributed by atoms with Crippen molar-refractivity contribution in [3.8, 4) is 55.6 Å². The largest absolute Gasteiger partial charge is 0.456 e. The highest BCUT2D eigenvalue weighted by Gasteiger charge is 2.36. The van der Waals surface area contributed by atoms with Gasteiger partial charge in [0.05, 0.1) is 11.2 Å². The fraction of sp³-hybridized carbons (Fsp3) is 0.0526. The zero-order valence-electron chi connectivity index (χ0n) is 36.8. The zero-order chi connectivity index (χ0) is 43.0. The zero-order valence-corrected chi connectivity index (χ0v) is 32.8. The van der Waals surface area contributed by atoms with Gasteiger partial charge in [-0.25, -0.2) is 0 Å². The lowest BCUT2D eigenvalue weighted by Crippen LogP contribution is -2.16. The van der Waals surface area contributed by atoms with Crippen molar-refractivity contribution in [2.75, 3.05) is 4.90 Å². The summed E-state index contributed by atoms with van der Waals surface area (Å²) < 4.78 is 46.2. The summed E-state index contributed by atoms with van der Waals surface area (Å²) in [5, 5.41) is 1.77. The third kappa shape index (κ3) is 5.79. The number of hydrogen-bond acceptors (Lipinski definition) is 2. The minimum Gasteiger partial charge on any atom is -0.456 e. The van der Waals surface area contributed by atoms with Crippen molar-refractivity contribution in [1.29, 1.82) is 0 Å². The molecule has 0 radical (unpaired) electrons. The molecule has 0 amide bonds.